The van der Waals surface area contributed by atoms with Crippen LogP contribution in [-0.2, 0) is 24.8 Å². The van der Waals surface area contributed by atoms with Crippen LogP contribution in [0.5, 0.6) is 0 Å². The molecule has 11 heteroatoms. The molecule has 0 spiro atoms. The molecule has 2 aliphatic heterocycles. The van der Waals surface area contributed by atoms with Gasteiger partial charge in [-0.2, -0.15) is 0 Å². The third-order valence-electron chi connectivity index (χ3n) is 9.36. The Morgan fingerprint density at radius 1 is 1.04 bits per heavy atom. The number of carbonyl (C=O) groups excluding carboxylic acids is 2. The van der Waals surface area contributed by atoms with Gasteiger partial charge in [-0.3, -0.25) is 14.4 Å². The molecule has 0 unspecified atom stereocenters. The number of pyridine rings is 2. The summed E-state index contributed by atoms with van der Waals surface area (Å²) in [5, 5.41) is 13.7. The van der Waals surface area contributed by atoms with Gasteiger partial charge in [0.25, 0.3) is 17.4 Å². The Labute approximate surface area is 280 Å². The second-order valence-electron chi connectivity index (χ2n) is 12.7. The molecule has 0 radical (unpaired) electrons. The van der Waals surface area contributed by atoms with Crippen molar-refractivity contribution < 1.29 is 19.4 Å². The van der Waals surface area contributed by atoms with E-state index in [1.54, 1.807) is 43.5 Å². The molecule has 0 atom stereocenters. The Morgan fingerprint density at radius 2 is 1.83 bits per heavy atom. The minimum absolute atomic E-state index is 0.0618. The lowest BCUT2D eigenvalue weighted by atomic mass is 9.94. The van der Waals surface area contributed by atoms with Crippen LogP contribution in [0.1, 0.15) is 44.7 Å². The topological polar surface area (TPSA) is 120 Å². The minimum Gasteiger partial charge on any atom is -0.392 e. The van der Waals surface area contributed by atoms with E-state index in [1.807, 2.05) is 54.2 Å². The van der Waals surface area contributed by atoms with Crippen LogP contribution < -0.4 is 20.7 Å². The second kappa shape index (κ2) is 14.0. The number of hydrogen-bond acceptors (Lipinski definition) is 8. The number of nitrogens with zero attached hydrogens (tertiary/aromatic N) is 5. The molecule has 0 saturated carbocycles. The third-order valence-corrected chi connectivity index (χ3v) is 9.36. The predicted octanol–water partition coefficient (Wildman–Crippen LogP) is 4.45. The van der Waals surface area contributed by atoms with Crippen LogP contribution in [-0.4, -0.2) is 78.8 Å². The molecule has 2 aliphatic rings. The van der Waals surface area contributed by atoms with Crippen molar-refractivity contribution in [3.8, 4) is 11.1 Å². The Bertz CT molecular complexity index is 1880. The number of piperidine rings is 1. The van der Waals surface area contributed by atoms with Gasteiger partial charge in [-0.25, -0.2) is 4.98 Å². The fourth-order valence-electron chi connectivity index (χ4n) is 6.65. The van der Waals surface area contributed by atoms with Crippen LogP contribution >= 0.6 is 0 Å². The number of methoxy groups -OCH3 is 1. The number of benzene rings is 2. The van der Waals surface area contributed by atoms with E-state index >= 15 is 0 Å². The molecule has 2 aromatic carbocycles. The molecule has 1 saturated heterocycles. The summed E-state index contributed by atoms with van der Waals surface area (Å²) in [5.74, 6) is 0.721. The quantitative estimate of drug-likeness (QED) is 0.273. The van der Waals surface area contributed by atoms with Gasteiger partial charge in [-0.15, -0.1) is 0 Å². The van der Waals surface area contributed by atoms with Crippen LogP contribution in [0.2, 0.25) is 0 Å². The van der Waals surface area contributed by atoms with Crippen molar-refractivity contribution in [2.45, 2.75) is 25.9 Å². The highest BCUT2D eigenvalue weighted by Crippen LogP contribution is 2.35. The Balaban J connectivity index is 1.23. The van der Waals surface area contributed by atoms with E-state index in [4.69, 9.17) is 4.74 Å². The van der Waals surface area contributed by atoms with E-state index in [2.05, 4.69) is 16.4 Å². The first-order valence-corrected chi connectivity index (χ1v) is 16.3. The van der Waals surface area contributed by atoms with Gasteiger partial charge in [0, 0.05) is 89.3 Å². The van der Waals surface area contributed by atoms with E-state index in [1.165, 1.54) is 10.8 Å². The molecule has 11 nitrogen and oxygen atoms in total. The number of anilines is 4. The van der Waals surface area contributed by atoms with Gasteiger partial charge in [-0.05, 0) is 78.8 Å². The number of nitrogens with one attached hydrogen (secondary N) is 1. The number of fused-ring (bicyclic) bond motifs is 1. The highest BCUT2D eigenvalue weighted by atomic mass is 16.5. The number of aliphatic hydroxyl groups is 1. The average molecular weight is 651 g/mol. The third kappa shape index (κ3) is 6.56. The molecule has 2 aromatic heterocycles. The minimum atomic E-state index is -0.297. The lowest BCUT2D eigenvalue weighted by Crippen LogP contribution is -2.39. The number of carbonyl (C=O) groups is 2. The molecule has 4 aromatic rings. The van der Waals surface area contributed by atoms with Crippen molar-refractivity contribution in [3.63, 3.8) is 0 Å². The van der Waals surface area contributed by atoms with Crippen LogP contribution in [0, 0.1) is 5.92 Å². The van der Waals surface area contributed by atoms with Crippen LogP contribution in [0.25, 0.3) is 11.1 Å². The highest BCUT2D eigenvalue weighted by molar-refractivity contribution is 6.09. The number of hydrogen-bond donors (Lipinski definition) is 2. The molecular formula is C37H42N6O5. The van der Waals surface area contributed by atoms with Gasteiger partial charge in [0.2, 0.25) is 0 Å². The number of ether oxygens (including phenoxy) is 1. The van der Waals surface area contributed by atoms with Crippen molar-refractivity contribution in [1.29, 1.82) is 0 Å². The monoisotopic (exact) mass is 650 g/mol. The molecule has 48 heavy (non-hydrogen) atoms. The lowest BCUT2D eigenvalue weighted by molar-refractivity contribution is 0.0613. The van der Waals surface area contributed by atoms with Gasteiger partial charge in [0.05, 0.1) is 17.9 Å². The molecule has 250 valence electrons. The smallest absolute Gasteiger partial charge is 0.274 e. The van der Waals surface area contributed by atoms with Gasteiger partial charge in [0.15, 0.2) is 0 Å². The first-order valence-electron chi connectivity index (χ1n) is 16.3. The van der Waals surface area contributed by atoms with Gasteiger partial charge in [-0.1, -0.05) is 12.1 Å². The van der Waals surface area contributed by atoms with Crippen LogP contribution in [0.4, 0.5) is 22.9 Å². The highest BCUT2D eigenvalue weighted by Gasteiger charge is 2.28. The molecule has 1 fully saturated rings. The summed E-state index contributed by atoms with van der Waals surface area (Å²) in [7, 11) is 7.32. The zero-order valence-corrected chi connectivity index (χ0v) is 27.9. The summed E-state index contributed by atoms with van der Waals surface area (Å²) in [6.07, 6.45) is 5.76. The SMILES string of the molecule is COCC1CCN(C(=O)c2ccc(Nc3cc(-c4cccc(N5CCc6cc(N(C)C)ccc6C5=O)c4CO)cn(C)c3=O)nc2)CC1. The van der Waals surface area contributed by atoms with Crippen molar-refractivity contribution in [2.24, 2.45) is 13.0 Å². The molecule has 4 heterocycles. The van der Waals surface area contributed by atoms with Gasteiger partial charge >= 0.3 is 0 Å². The van der Waals surface area contributed by atoms with Crippen molar-refractivity contribution in [1.82, 2.24) is 14.5 Å². The standard InChI is InChI=1S/C37H42N6O5/c1-40(2)28-9-10-30-25(18-28)14-17-43(36(30)46)33-7-5-6-29(31(33)22-44)27-19-32(37(47)41(3)21-27)39-34-11-8-26(20-38-34)35(45)42-15-12-24(13-16-42)23-48-4/h5-11,18-21,24,44H,12-17,22-23H2,1-4H3,(H,38,39). The molecule has 2 amide bonds. The van der Waals surface area contributed by atoms with Crippen molar-refractivity contribution >= 4 is 34.7 Å². The summed E-state index contributed by atoms with van der Waals surface area (Å²) in [6, 6.07) is 16.6. The first kappa shape index (κ1) is 32.9. The fraction of sp³-hybridized carbons (Fsp3) is 0.351. The van der Waals surface area contributed by atoms with E-state index in [0.29, 0.717) is 77.9 Å². The summed E-state index contributed by atoms with van der Waals surface area (Å²) >= 11 is 0. The van der Waals surface area contributed by atoms with Crippen molar-refractivity contribution in [2.75, 3.05) is 62.6 Å². The zero-order chi connectivity index (χ0) is 33.9. The normalized spacial score (nSPS) is 15.0. The summed E-state index contributed by atoms with van der Waals surface area (Å²) in [6.45, 7) is 2.26. The van der Waals surface area contributed by atoms with Crippen molar-refractivity contribution in [3.05, 3.63) is 99.6 Å². The molecule has 0 bridgehead atoms. The summed E-state index contributed by atoms with van der Waals surface area (Å²) < 4.78 is 6.74. The van der Waals surface area contributed by atoms with E-state index in [9.17, 15) is 19.5 Å². The number of amides is 2. The summed E-state index contributed by atoms with van der Waals surface area (Å²) in [4.78, 5) is 50.0. The number of likely N-dealkylation sites (tertiary alicyclic amines) is 1. The number of aliphatic hydroxyl groups excluding tert-OH is 1. The zero-order valence-electron chi connectivity index (χ0n) is 27.9. The molecule has 2 N–H and O–H groups in total. The number of aryl methyl sites for hydroxylation is 1. The second-order valence-corrected chi connectivity index (χ2v) is 12.7. The summed E-state index contributed by atoms with van der Waals surface area (Å²) in [5.41, 5.74) is 5.84. The average Bonchev–Trinajstić information content (AvgIpc) is 3.10. The lowest BCUT2D eigenvalue weighted by Gasteiger charge is -2.31. The number of rotatable bonds is 9. The molecular weight excluding hydrogens is 608 g/mol. The van der Waals surface area contributed by atoms with Gasteiger partial charge in [0.1, 0.15) is 11.5 Å². The Kier molecular flexibility index (Phi) is 9.61. The fourth-order valence-corrected chi connectivity index (χ4v) is 6.65. The Hall–Kier alpha value is -5.00. The predicted molar refractivity (Wildman–Crippen MR) is 187 cm³/mol. The maximum Gasteiger partial charge on any atom is 0.274 e. The van der Waals surface area contributed by atoms with E-state index < -0.39 is 0 Å². The van der Waals surface area contributed by atoms with Crippen LogP contribution in [0.15, 0.2) is 71.8 Å². The largest absolute Gasteiger partial charge is 0.392 e. The van der Waals surface area contributed by atoms with E-state index in [0.717, 1.165) is 24.1 Å². The number of aromatic nitrogens is 2. The van der Waals surface area contributed by atoms with Gasteiger partial charge < -0.3 is 34.4 Å². The maximum atomic E-state index is 13.7. The molecule has 6 rings (SSSR count). The molecule has 0 aliphatic carbocycles. The first-order chi connectivity index (χ1) is 23.2. The van der Waals surface area contributed by atoms with E-state index in [-0.39, 0.29) is 29.7 Å². The van der Waals surface area contributed by atoms with Crippen LogP contribution in [0.3, 0.4) is 0 Å². The maximum absolute atomic E-state index is 13.7. The Morgan fingerprint density at radius 3 is 2.52 bits per heavy atom.